The summed E-state index contributed by atoms with van der Waals surface area (Å²) in [4.78, 5) is 17.4. The second-order valence-electron chi connectivity index (χ2n) is 5.30. The summed E-state index contributed by atoms with van der Waals surface area (Å²) in [6.45, 7) is 4.13. The standard InChI is InChI=1S/C19H17NO2S/c1-13-8-6-7-11-16(13)12-22-19(21)17-14(2)20-18(23-17)15-9-4-3-5-10-15/h3-11H,12H2,1-2H3. The Balaban J connectivity index is 1.75. The highest BCUT2D eigenvalue weighted by Crippen LogP contribution is 2.28. The Kier molecular flexibility index (Phi) is 4.53. The predicted octanol–water partition coefficient (Wildman–Crippen LogP) is 4.78. The number of carbonyl (C=O) groups excluding carboxylic acids is 1. The van der Waals surface area contributed by atoms with Gasteiger partial charge in [-0.1, -0.05) is 54.6 Å². The summed E-state index contributed by atoms with van der Waals surface area (Å²) < 4.78 is 5.46. The molecule has 0 aliphatic carbocycles. The predicted molar refractivity (Wildman–Crippen MR) is 92.6 cm³/mol. The van der Waals surface area contributed by atoms with Crippen molar-refractivity contribution in [2.24, 2.45) is 0 Å². The summed E-state index contributed by atoms with van der Waals surface area (Å²) in [5.41, 5.74) is 3.86. The molecule has 4 heteroatoms. The molecule has 0 radical (unpaired) electrons. The lowest BCUT2D eigenvalue weighted by Crippen LogP contribution is -2.05. The number of aromatic nitrogens is 1. The van der Waals surface area contributed by atoms with E-state index in [0.29, 0.717) is 10.6 Å². The van der Waals surface area contributed by atoms with Crippen molar-refractivity contribution in [1.82, 2.24) is 4.98 Å². The van der Waals surface area contributed by atoms with Crippen molar-refractivity contribution in [2.75, 3.05) is 0 Å². The highest BCUT2D eigenvalue weighted by atomic mass is 32.1. The number of esters is 1. The number of benzene rings is 2. The minimum absolute atomic E-state index is 0.281. The van der Waals surface area contributed by atoms with Crippen molar-refractivity contribution in [3.63, 3.8) is 0 Å². The van der Waals surface area contributed by atoms with Gasteiger partial charge < -0.3 is 4.74 Å². The van der Waals surface area contributed by atoms with Crippen LogP contribution in [-0.4, -0.2) is 11.0 Å². The molecule has 0 spiro atoms. The van der Waals surface area contributed by atoms with Crippen LogP contribution in [0.2, 0.25) is 0 Å². The van der Waals surface area contributed by atoms with Gasteiger partial charge in [0.05, 0.1) is 5.69 Å². The summed E-state index contributed by atoms with van der Waals surface area (Å²) >= 11 is 1.37. The van der Waals surface area contributed by atoms with Crippen molar-refractivity contribution in [1.29, 1.82) is 0 Å². The second-order valence-corrected chi connectivity index (χ2v) is 6.30. The van der Waals surface area contributed by atoms with Crippen molar-refractivity contribution in [3.05, 3.63) is 76.3 Å². The van der Waals surface area contributed by atoms with Gasteiger partial charge in [0.15, 0.2) is 0 Å². The number of hydrogen-bond acceptors (Lipinski definition) is 4. The molecular formula is C19H17NO2S. The minimum Gasteiger partial charge on any atom is -0.457 e. The van der Waals surface area contributed by atoms with Crippen LogP contribution in [0.1, 0.15) is 26.5 Å². The molecule has 0 aliphatic rings. The Labute approximate surface area is 139 Å². The lowest BCUT2D eigenvalue weighted by atomic mass is 10.1. The lowest BCUT2D eigenvalue weighted by Gasteiger charge is -2.06. The summed E-state index contributed by atoms with van der Waals surface area (Å²) in [7, 11) is 0. The summed E-state index contributed by atoms with van der Waals surface area (Å²) in [6.07, 6.45) is 0. The molecule has 0 saturated carbocycles. The van der Waals surface area contributed by atoms with Crippen molar-refractivity contribution < 1.29 is 9.53 Å². The first kappa shape index (κ1) is 15.4. The van der Waals surface area contributed by atoms with Crippen LogP contribution in [0.5, 0.6) is 0 Å². The first-order valence-corrected chi connectivity index (χ1v) is 8.21. The third-order valence-electron chi connectivity index (χ3n) is 3.62. The summed E-state index contributed by atoms with van der Waals surface area (Å²) in [5, 5.41) is 0.839. The smallest absolute Gasteiger partial charge is 0.350 e. The van der Waals surface area contributed by atoms with Crippen LogP contribution in [0.15, 0.2) is 54.6 Å². The van der Waals surface area contributed by atoms with Gasteiger partial charge in [-0.3, -0.25) is 0 Å². The Bertz CT molecular complexity index is 824. The molecule has 1 heterocycles. The SMILES string of the molecule is Cc1ccccc1COC(=O)c1sc(-c2ccccc2)nc1C. The van der Waals surface area contributed by atoms with Gasteiger partial charge >= 0.3 is 5.97 Å². The third kappa shape index (κ3) is 3.48. The Morgan fingerprint density at radius 1 is 1.04 bits per heavy atom. The van der Waals surface area contributed by atoms with Crippen molar-refractivity contribution >= 4 is 17.3 Å². The molecule has 3 nitrogen and oxygen atoms in total. The van der Waals surface area contributed by atoms with E-state index in [0.717, 1.165) is 21.7 Å². The summed E-state index contributed by atoms with van der Waals surface area (Å²) in [6, 6.07) is 17.8. The number of thiazole rings is 1. The number of hydrogen-bond donors (Lipinski definition) is 0. The van der Waals surface area contributed by atoms with Crippen LogP contribution >= 0.6 is 11.3 Å². The number of carbonyl (C=O) groups is 1. The molecule has 1 aromatic heterocycles. The highest BCUT2D eigenvalue weighted by Gasteiger charge is 2.17. The average Bonchev–Trinajstić information content (AvgIpc) is 2.97. The Morgan fingerprint density at radius 2 is 1.74 bits per heavy atom. The molecule has 0 fully saturated rings. The fourth-order valence-corrected chi connectivity index (χ4v) is 3.24. The van der Waals surface area contributed by atoms with E-state index in [-0.39, 0.29) is 12.6 Å². The van der Waals surface area contributed by atoms with Gasteiger partial charge in [0.2, 0.25) is 0 Å². The molecule has 3 aromatic rings. The molecule has 23 heavy (non-hydrogen) atoms. The Hall–Kier alpha value is -2.46. The monoisotopic (exact) mass is 323 g/mol. The van der Waals surface area contributed by atoms with Gasteiger partial charge in [0.25, 0.3) is 0 Å². The van der Waals surface area contributed by atoms with Crippen LogP contribution in [-0.2, 0) is 11.3 Å². The zero-order valence-corrected chi connectivity index (χ0v) is 13.9. The molecule has 116 valence electrons. The maximum Gasteiger partial charge on any atom is 0.350 e. The largest absolute Gasteiger partial charge is 0.457 e. The van der Waals surface area contributed by atoms with E-state index in [2.05, 4.69) is 4.98 Å². The third-order valence-corrected chi connectivity index (χ3v) is 4.81. The van der Waals surface area contributed by atoms with Gasteiger partial charge in [-0.15, -0.1) is 11.3 Å². The van der Waals surface area contributed by atoms with Crippen LogP contribution in [0.25, 0.3) is 10.6 Å². The zero-order chi connectivity index (χ0) is 16.2. The number of ether oxygens (including phenoxy) is 1. The fourth-order valence-electron chi connectivity index (χ4n) is 2.27. The molecule has 0 saturated heterocycles. The van der Waals surface area contributed by atoms with E-state index in [4.69, 9.17) is 4.74 Å². The number of rotatable bonds is 4. The van der Waals surface area contributed by atoms with Crippen LogP contribution in [0.4, 0.5) is 0 Å². The lowest BCUT2D eigenvalue weighted by molar-refractivity contribution is 0.0477. The van der Waals surface area contributed by atoms with Crippen LogP contribution in [0.3, 0.4) is 0 Å². The zero-order valence-electron chi connectivity index (χ0n) is 13.1. The highest BCUT2D eigenvalue weighted by molar-refractivity contribution is 7.17. The van der Waals surface area contributed by atoms with Crippen molar-refractivity contribution in [2.45, 2.75) is 20.5 Å². The molecule has 0 aliphatic heterocycles. The maximum absolute atomic E-state index is 12.3. The molecule has 0 N–H and O–H groups in total. The molecular weight excluding hydrogens is 306 g/mol. The number of nitrogens with zero attached hydrogens (tertiary/aromatic N) is 1. The van der Waals surface area contributed by atoms with E-state index in [9.17, 15) is 4.79 Å². The summed E-state index contributed by atoms with van der Waals surface area (Å²) in [5.74, 6) is -0.314. The Morgan fingerprint density at radius 3 is 2.48 bits per heavy atom. The second kappa shape index (κ2) is 6.75. The first-order valence-electron chi connectivity index (χ1n) is 7.39. The number of aryl methyl sites for hydroxylation is 2. The maximum atomic E-state index is 12.3. The van der Waals surface area contributed by atoms with E-state index >= 15 is 0 Å². The molecule has 0 unspecified atom stereocenters. The van der Waals surface area contributed by atoms with E-state index in [1.54, 1.807) is 0 Å². The molecule has 0 atom stereocenters. The van der Waals surface area contributed by atoms with Crippen LogP contribution in [0, 0.1) is 13.8 Å². The van der Waals surface area contributed by atoms with Gasteiger partial charge in [-0.2, -0.15) is 0 Å². The van der Waals surface area contributed by atoms with Gasteiger partial charge in [-0.25, -0.2) is 9.78 Å². The molecule has 0 amide bonds. The normalized spacial score (nSPS) is 10.5. The fraction of sp³-hybridized carbons (Fsp3) is 0.158. The molecule has 0 bridgehead atoms. The van der Waals surface area contributed by atoms with Gasteiger partial charge in [0, 0.05) is 5.56 Å². The first-order chi connectivity index (χ1) is 11.1. The van der Waals surface area contributed by atoms with Crippen LogP contribution < -0.4 is 0 Å². The molecule has 2 aromatic carbocycles. The van der Waals surface area contributed by atoms with Gasteiger partial charge in [0.1, 0.15) is 16.5 Å². The van der Waals surface area contributed by atoms with Gasteiger partial charge in [-0.05, 0) is 25.0 Å². The van der Waals surface area contributed by atoms with Crippen molar-refractivity contribution in [3.8, 4) is 10.6 Å². The quantitative estimate of drug-likeness (QED) is 0.648. The van der Waals surface area contributed by atoms with E-state index in [1.165, 1.54) is 11.3 Å². The van der Waals surface area contributed by atoms with E-state index in [1.807, 2.05) is 68.4 Å². The average molecular weight is 323 g/mol. The van der Waals surface area contributed by atoms with E-state index < -0.39 is 0 Å². The minimum atomic E-state index is -0.314. The molecule has 3 rings (SSSR count). The topological polar surface area (TPSA) is 39.2 Å².